The van der Waals surface area contributed by atoms with Crippen LogP contribution in [0.4, 0.5) is 5.69 Å². The Bertz CT molecular complexity index is 711. The van der Waals surface area contributed by atoms with Gasteiger partial charge in [-0.15, -0.1) is 0 Å². The number of hydrogen-bond donors (Lipinski definition) is 2. The van der Waals surface area contributed by atoms with Gasteiger partial charge in [0.2, 0.25) is 5.91 Å². The van der Waals surface area contributed by atoms with Gasteiger partial charge in [-0.3, -0.25) is 9.59 Å². The number of rotatable bonds is 3. The predicted octanol–water partition coefficient (Wildman–Crippen LogP) is 1.85. The van der Waals surface area contributed by atoms with Gasteiger partial charge in [0, 0.05) is 10.7 Å². The van der Waals surface area contributed by atoms with Crippen molar-refractivity contribution in [3.05, 3.63) is 23.8 Å². The minimum atomic E-state index is -3.95. The summed E-state index contributed by atoms with van der Waals surface area (Å²) in [5.41, 5.74) is -0.657. The molecule has 2 rings (SSSR count). The zero-order chi connectivity index (χ0) is 15.8. The van der Waals surface area contributed by atoms with Crippen LogP contribution in [0.15, 0.2) is 23.1 Å². The Morgan fingerprint density at radius 3 is 2.33 bits per heavy atom. The van der Waals surface area contributed by atoms with Gasteiger partial charge in [0.15, 0.2) is 0 Å². The standard InChI is InChI=1S/C13H15ClN2O4S/c1-3-13(4-2)12(18)15-10-6-5-8(21(14,19)20)7-9(10)11(17)16-13/h5-7H,3-4H2,1-2H3,(H,15,18)(H,16,17). The first-order chi connectivity index (χ1) is 9.73. The molecule has 114 valence electrons. The number of carbonyl (C=O) groups is 2. The molecule has 0 radical (unpaired) electrons. The third-order valence-corrected chi connectivity index (χ3v) is 5.11. The lowest BCUT2D eigenvalue weighted by molar-refractivity contribution is -0.122. The molecular weight excluding hydrogens is 316 g/mol. The number of hydrogen-bond acceptors (Lipinski definition) is 4. The van der Waals surface area contributed by atoms with Gasteiger partial charge >= 0.3 is 0 Å². The first kappa shape index (κ1) is 15.8. The lowest BCUT2D eigenvalue weighted by Gasteiger charge is -2.28. The van der Waals surface area contributed by atoms with Crippen LogP contribution in [-0.4, -0.2) is 25.8 Å². The number of anilines is 1. The van der Waals surface area contributed by atoms with Crippen LogP contribution < -0.4 is 10.6 Å². The maximum absolute atomic E-state index is 12.3. The van der Waals surface area contributed by atoms with Crippen molar-refractivity contribution in [1.82, 2.24) is 5.32 Å². The van der Waals surface area contributed by atoms with E-state index in [-0.39, 0.29) is 22.1 Å². The van der Waals surface area contributed by atoms with E-state index in [1.54, 1.807) is 13.8 Å². The summed E-state index contributed by atoms with van der Waals surface area (Å²) in [7, 11) is 1.34. The highest BCUT2D eigenvalue weighted by atomic mass is 35.7. The fourth-order valence-corrected chi connectivity index (χ4v) is 3.08. The van der Waals surface area contributed by atoms with Crippen molar-refractivity contribution in [3.63, 3.8) is 0 Å². The predicted molar refractivity (Wildman–Crippen MR) is 78.9 cm³/mol. The Balaban J connectivity index is 2.56. The minimum absolute atomic E-state index is 0.0776. The second kappa shape index (κ2) is 5.31. The van der Waals surface area contributed by atoms with Crippen molar-refractivity contribution in [3.8, 4) is 0 Å². The van der Waals surface area contributed by atoms with Crippen LogP contribution in [0.2, 0.25) is 0 Å². The second-order valence-electron chi connectivity index (χ2n) is 4.84. The molecular formula is C13H15ClN2O4S. The summed E-state index contributed by atoms with van der Waals surface area (Å²) < 4.78 is 22.7. The molecule has 2 amide bonds. The van der Waals surface area contributed by atoms with E-state index in [2.05, 4.69) is 10.6 Å². The summed E-state index contributed by atoms with van der Waals surface area (Å²) >= 11 is 0. The molecule has 0 unspecified atom stereocenters. The third kappa shape index (κ3) is 2.75. The van der Waals surface area contributed by atoms with Crippen LogP contribution in [0, 0.1) is 0 Å². The van der Waals surface area contributed by atoms with Gasteiger partial charge in [-0.2, -0.15) is 0 Å². The van der Waals surface area contributed by atoms with E-state index in [0.717, 1.165) is 6.07 Å². The largest absolute Gasteiger partial charge is 0.338 e. The number of halogens is 1. The van der Waals surface area contributed by atoms with Gasteiger partial charge in [0.25, 0.3) is 15.0 Å². The molecule has 1 aromatic carbocycles. The van der Waals surface area contributed by atoms with Crippen LogP contribution in [0.5, 0.6) is 0 Å². The van der Waals surface area contributed by atoms with E-state index in [0.29, 0.717) is 12.8 Å². The van der Waals surface area contributed by atoms with E-state index in [4.69, 9.17) is 10.7 Å². The van der Waals surface area contributed by atoms with Crippen LogP contribution in [0.3, 0.4) is 0 Å². The van der Waals surface area contributed by atoms with Crippen LogP contribution in [0.25, 0.3) is 0 Å². The van der Waals surface area contributed by atoms with Gasteiger partial charge < -0.3 is 10.6 Å². The Morgan fingerprint density at radius 2 is 1.81 bits per heavy atom. The average molecular weight is 331 g/mol. The van der Waals surface area contributed by atoms with Gasteiger partial charge in [0.05, 0.1) is 16.1 Å². The molecule has 1 aliphatic rings. The lowest BCUT2D eigenvalue weighted by atomic mass is 9.92. The molecule has 0 fully saturated rings. The van der Waals surface area contributed by atoms with Crippen molar-refractivity contribution in [1.29, 1.82) is 0 Å². The summed E-state index contributed by atoms with van der Waals surface area (Å²) in [5, 5.41) is 5.35. The fraction of sp³-hybridized carbons (Fsp3) is 0.385. The Labute approximate surface area is 127 Å². The number of amides is 2. The minimum Gasteiger partial charge on any atom is -0.338 e. The van der Waals surface area contributed by atoms with Crippen molar-refractivity contribution in [2.24, 2.45) is 0 Å². The molecule has 1 aliphatic heterocycles. The van der Waals surface area contributed by atoms with Gasteiger partial charge in [-0.1, -0.05) is 13.8 Å². The number of nitrogens with one attached hydrogen (secondary N) is 2. The van der Waals surface area contributed by atoms with Crippen molar-refractivity contribution >= 4 is 37.2 Å². The zero-order valence-corrected chi connectivity index (χ0v) is 13.1. The van der Waals surface area contributed by atoms with Crippen LogP contribution in [-0.2, 0) is 13.8 Å². The summed E-state index contributed by atoms with van der Waals surface area (Å²) in [6.45, 7) is 3.60. The summed E-state index contributed by atoms with van der Waals surface area (Å²) in [5.74, 6) is -0.824. The van der Waals surface area contributed by atoms with Crippen molar-refractivity contribution in [2.75, 3.05) is 5.32 Å². The monoisotopic (exact) mass is 330 g/mol. The first-order valence-electron chi connectivity index (χ1n) is 6.46. The normalized spacial score (nSPS) is 17.5. The molecule has 6 nitrogen and oxygen atoms in total. The molecule has 0 spiro atoms. The van der Waals surface area contributed by atoms with E-state index in [1.165, 1.54) is 12.1 Å². The van der Waals surface area contributed by atoms with Crippen LogP contribution in [0.1, 0.15) is 37.0 Å². The first-order valence-corrected chi connectivity index (χ1v) is 8.77. The highest BCUT2D eigenvalue weighted by Crippen LogP contribution is 2.28. The second-order valence-corrected chi connectivity index (χ2v) is 7.41. The summed E-state index contributed by atoms with van der Waals surface area (Å²) in [4.78, 5) is 24.5. The van der Waals surface area contributed by atoms with E-state index in [9.17, 15) is 18.0 Å². The SMILES string of the molecule is CCC1(CC)NC(=O)c2cc(S(=O)(=O)Cl)ccc2NC1=O. The van der Waals surface area contributed by atoms with E-state index >= 15 is 0 Å². The fourth-order valence-electron chi connectivity index (χ4n) is 2.30. The maximum atomic E-state index is 12.3. The summed E-state index contributed by atoms with van der Waals surface area (Å²) in [6, 6.07) is 3.78. The van der Waals surface area contributed by atoms with Gasteiger partial charge in [-0.25, -0.2) is 8.42 Å². The highest BCUT2D eigenvalue weighted by Gasteiger charge is 2.40. The molecule has 8 heteroatoms. The molecule has 0 aliphatic carbocycles. The average Bonchev–Trinajstić information content (AvgIpc) is 2.53. The third-order valence-electron chi connectivity index (χ3n) is 3.76. The van der Waals surface area contributed by atoms with E-state index in [1.807, 2.05) is 0 Å². The topological polar surface area (TPSA) is 92.3 Å². The van der Waals surface area contributed by atoms with Crippen LogP contribution >= 0.6 is 10.7 Å². The molecule has 0 aromatic heterocycles. The molecule has 0 atom stereocenters. The molecule has 0 saturated heterocycles. The molecule has 1 aromatic rings. The number of benzene rings is 1. The Hall–Kier alpha value is -1.60. The van der Waals surface area contributed by atoms with E-state index < -0.39 is 20.5 Å². The van der Waals surface area contributed by atoms with Gasteiger partial charge in [-0.05, 0) is 31.0 Å². The quantitative estimate of drug-likeness (QED) is 0.827. The molecule has 0 saturated carbocycles. The zero-order valence-electron chi connectivity index (χ0n) is 11.6. The summed E-state index contributed by atoms with van der Waals surface area (Å²) in [6.07, 6.45) is 0.853. The molecule has 21 heavy (non-hydrogen) atoms. The number of carbonyl (C=O) groups excluding carboxylic acids is 2. The number of fused-ring (bicyclic) bond motifs is 1. The maximum Gasteiger partial charge on any atom is 0.261 e. The lowest BCUT2D eigenvalue weighted by Crippen LogP contribution is -2.54. The Morgan fingerprint density at radius 1 is 1.19 bits per heavy atom. The molecule has 1 heterocycles. The molecule has 2 N–H and O–H groups in total. The van der Waals surface area contributed by atoms with Crippen molar-refractivity contribution < 1.29 is 18.0 Å². The van der Waals surface area contributed by atoms with Crippen molar-refractivity contribution in [2.45, 2.75) is 37.1 Å². The highest BCUT2D eigenvalue weighted by molar-refractivity contribution is 8.13. The Kier molecular flexibility index (Phi) is 3.99. The van der Waals surface area contributed by atoms with Gasteiger partial charge in [0.1, 0.15) is 5.54 Å². The smallest absolute Gasteiger partial charge is 0.261 e. The molecule has 0 bridgehead atoms.